The van der Waals surface area contributed by atoms with Gasteiger partial charge in [0.2, 0.25) is 0 Å². The zero-order valence-electron chi connectivity index (χ0n) is 10.6. The summed E-state index contributed by atoms with van der Waals surface area (Å²) in [5.74, 6) is 0. The molecule has 1 aliphatic heterocycles. The molecule has 17 heavy (non-hydrogen) atoms. The van der Waals surface area contributed by atoms with Crippen molar-refractivity contribution >= 4 is 0 Å². The van der Waals surface area contributed by atoms with Crippen molar-refractivity contribution in [1.29, 1.82) is 5.26 Å². The van der Waals surface area contributed by atoms with Gasteiger partial charge < -0.3 is 9.64 Å². The third-order valence-corrected chi connectivity index (χ3v) is 3.57. The van der Waals surface area contributed by atoms with E-state index in [0.717, 1.165) is 39.3 Å². The fraction of sp³-hybridized carbons (Fsp3) is 0.923. The first kappa shape index (κ1) is 12.8. The molecule has 4 nitrogen and oxygen atoms in total. The largest absolute Gasteiger partial charge is 0.380 e. The molecule has 0 amide bonds. The Morgan fingerprint density at radius 1 is 1.29 bits per heavy atom. The van der Waals surface area contributed by atoms with Crippen molar-refractivity contribution in [3.63, 3.8) is 0 Å². The monoisotopic (exact) mass is 237 g/mol. The summed E-state index contributed by atoms with van der Waals surface area (Å²) in [6, 6.07) is 2.99. The topological polar surface area (TPSA) is 39.5 Å². The van der Waals surface area contributed by atoms with Gasteiger partial charge in [-0.05, 0) is 32.2 Å². The van der Waals surface area contributed by atoms with Gasteiger partial charge in [-0.2, -0.15) is 5.26 Å². The molecule has 0 unspecified atom stereocenters. The van der Waals surface area contributed by atoms with Crippen LogP contribution in [-0.2, 0) is 4.74 Å². The quantitative estimate of drug-likeness (QED) is 0.648. The number of hydrogen-bond donors (Lipinski definition) is 0. The Hall–Kier alpha value is -0.630. The Labute approximate surface area is 104 Å². The van der Waals surface area contributed by atoms with E-state index in [1.54, 1.807) is 0 Å². The van der Waals surface area contributed by atoms with Gasteiger partial charge in [0.05, 0.1) is 19.2 Å². The highest BCUT2D eigenvalue weighted by atomic mass is 16.5. The van der Waals surface area contributed by atoms with Crippen molar-refractivity contribution in [3.8, 4) is 6.07 Å². The fourth-order valence-electron chi connectivity index (χ4n) is 2.44. The second-order valence-electron chi connectivity index (χ2n) is 5.02. The van der Waals surface area contributed by atoms with Crippen molar-refractivity contribution in [1.82, 2.24) is 9.80 Å². The number of rotatable bonds is 6. The average Bonchev–Trinajstić information content (AvgIpc) is 3.16. The van der Waals surface area contributed by atoms with Gasteiger partial charge in [0, 0.05) is 32.3 Å². The Morgan fingerprint density at radius 2 is 2.18 bits per heavy atom. The van der Waals surface area contributed by atoms with Crippen LogP contribution in [0.5, 0.6) is 0 Å². The molecule has 1 saturated heterocycles. The van der Waals surface area contributed by atoms with Crippen LogP contribution in [0.1, 0.15) is 25.7 Å². The van der Waals surface area contributed by atoms with Crippen LogP contribution in [0.4, 0.5) is 0 Å². The van der Waals surface area contributed by atoms with Crippen molar-refractivity contribution in [2.45, 2.75) is 31.7 Å². The standard InChI is InChI=1S/C13H23N3O/c14-5-9-16(13-3-4-13)8-1-6-15-7-2-11-17-12-10-15/h13H,1-4,6-12H2. The van der Waals surface area contributed by atoms with Crippen molar-refractivity contribution in [3.05, 3.63) is 0 Å². The van der Waals surface area contributed by atoms with Crippen LogP contribution in [0.15, 0.2) is 0 Å². The molecule has 1 saturated carbocycles. The van der Waals surface area contributed by atoms with E-state index in [9.17, 15) is 0 Å². The molecule has 2 rings (SSSR count). The predicted molar refractivity (Wildman–Crippen MR) is 66.7 cm³/mol. The van der Waals surface area contributed by atoms with Gasteiger partial charge in [-0.25, -0.2) is 0 Å². The van der Waals surface area contributed by atoms with E-state index in [2.05, 4.69) is 15.9 Å². The molecule has 0 spiro atoms. The molecule has 2 aliphatic rings. The minimum Gasteiger partial charge on any atom is -0.380 e. The highest BCUT2D eigenvalue weighted by Crippen LogP contribution is 2.26. The Bertz CT molecular complexity index is 252. The number of nitriles is 1. The molecule has 4 heteroatoms. The van der Waals surface area contributed by atoms with Gasteiger partial charge in [-0.15, -0.1) is 0 Å². The first-order valence-corrected chi connectivity index (χ1v) is 6.81. The number of hydrogen-bond acceptors (Lipinski definition) is 4. The smallest absolute Gasteiger partial charge is 0.0868 e. The van der Waals surface area contributed by atoms with Gasteiger partial charge >= 0.3 is 0 Å². The maximum atomic E-state index is 8.78. The van der Waals surface area contributed by atoms with Crippen LogP contribution in [0, 0.1) is 11.3 Å². The molecular weight excluding hydrogens is 214 g/mol. The van der Waals surface area contributed by atoms with Crippen molar-refractivity contribution in [2.24, 2.45) is 0 Å². The minimum atomic E-state index is 0.605. The lowest BCUT2D eigenvalue weighted by atomic mass is 10.3. The van der Waals surface area contributed by atoms with Gasteiger partial charge in [0.1, 0.15) is 0 Å². The first-order chi connectivity index (χ1) is 8.40. The van der Waals surface area contributed by atoms with E-state index < -0.39 is 0 Å². The third kappa shape index (κ3) is 4.63. The molecule has 0 aromatic carbocycles. The summed E-state index contributed by atoms with van der Waals surface area (Å²) in [7, 11) is 0. The SMILES string of the molecule is N#CCN(CCCN1CCCOCC1)C1CC1. The summed E-state index contributed by atoms with van der Waals surface area (Å²) in [4.78, 5) is 4.83. The van der Waals surface area contributed by atoms with E-state index in [0.29, 0.717) is 12.6 Å². The number of nitrogens with zero attached hydrogens (tertiary/aromatic N) is 3. The molecule has 2 fully saturated rings. The molecular formula is C13H23N3O. The predicted octanol–water partition coefficient (Wildman–Crippen LogP) is 1.09. The normalized spacial score (nSPS) is 22.4. The molecule has 1 heterocycles. The molecule has 0 aromatic rings. The van der Waals surface area contributed by atoms with Crippen LogP contribution < -0.4 is 0 Å². The lowest BCUT2D eigenvalue weighted by Gasteiger charge is -2.22. The summed E-state index contributed by atoms with van der Waals surface area (Å²) in [6.07, 6.45) is 4.92. The molecule has 0 aromatic heterocycles. The summed E-state index contributed by atoms with van der Waals surface area (Å²) in [5.41, 5.74) is 0. The summed E-state index contributed by atoms with van der Waals surface area (Å²) < 4.78 is 5.44. The van der Waals surface area contributed by atoms with E-state index in [-0.39, 0.29) is 0 Å². The first-order valence-electron chi connectivity index (χ1n) is 6.81. The zero-order chi connectivity index (χ0) is 11.9. The van der Waals surface area contributed by atoms with E-state index >= 15 is 0 Å². The Kier molecular flexibility index (Phi) is 5.24. The average molecular weight is 237 g/mol. The van der Waals surface area contributed by atoms with Crippen LogP contribution in [0.3, 0.4) is 0 Å². The second kappa shape index (κ2) is 6.95. The second-order valence-corrected chi connectivity index (χ2v) is 5.02. The minimum absolute atomic E-state index is 0.605. The molecule has 0 bridgehead atoms. The van der Waals surface area contributed by atoms with Crippen LogP contribution in [0.2, 0.25) is 0 Å². The van der Waals surface area contributed by atoms with Crippen molar-refractivity contribution < 1.29 is 4.74 Å². The van der Waals surface area contributed by atoms with Gasteiger partial charge in [-0.1, -0.05) is 0 Å². The zero-order valence-corrected chi connectivity index (χ0v) is 10.6. The highest BCUT2D eigenvalue weighted by Gasteiger charge is 2.28. The molecule has 0 N–H and O–H groups in total. The van der Waals surface area contributed by atoms with Gasteiger partial charge in [-0.3, -0.25) is 4.90 Å². The summed E-state index contributed by atoms with van der Waals surface area (Å²) in [6.45, 7) is 6.87. The van der Waals surface area contributed by atoms with E-state index in [1.807, 2.05) is 0 Å². The molecule has 1 aliphatic carbocycles. The van der Waals surface area contributed by atoms with Crippen molar-refractivity contribution in [2.75, 3.05) is 45.9 Å². The lowest BCUT2D eigenvalue weighted by Crippen LogP contribution is -2.32. The fourth-order valence-corrected chi connectivity index (χ4v) is 2.44. The highest BCUT2D eigenvalue weighted by molar-refractivity contribution is 4.89. The van der Waals surface area contributed by atoms with Crippen LogP contribution in [0.25, 0.3) is 0 Å². The summed E-state index contributed by atoms with van der Waals surface area (Å²) in [5, 5.41) is 8.78. The summed E-state index contributed by atoms with van der Waals surface area (Å²) >= 11 is 0. The number of ether oxygens (including phenoxy) is 1. The lowest BCUT2D eigenvalue weighted by molar-refractivity contribution is 0.140. The van der Waals surface area contributed by atoms with E-state index in [4.69, 9.17) is 10.00 Å². The van der Waals surface area contributed by atoms with Gasteiger partial charge in [0.25, 0.3) is 0 Å². The van der Waals surface area contributed by atoms with E-state index in [1.165, 1.54) is 25.8 Å². The Morgan fingerprint density at radius 3 is 2.94 bits per heavy atom. The van der Waals surface area contributed by atoms with Crippen LogP contribution in [-0.4, -0.2) is 61.8 Å². The molecule has 96 valence electrons. The molecule has 0 radical (unpaired) electrons. The third-order valence-electron chi connectivity index (χ3n) is 3.57. The maximum absolute atomic E-state index is 8.78. The van der Waals surface area contributed by atoms with Gasteiger partial charge in [0.15, 0.2) is 0 Å². The Balaban J connectivity index is 1.61. The van der Waals surface area contributed by atoms with Crippen LogP contribution >= 0.6 is 0 Å². The maximum Gasteiger partial charge on any atom is 0.0868 e. The molecule has 0 atom stereocenters.